The lowest BCUT2D eigenvalue weighted by atomic mass is 10.1. The molecule has 0 aromatic heterocycles. The fraction of sp³-hybridized carbons (Fsp3) is 1.00. The molecular weight excluding hydrogens is 326 g/mol. The van der Waals surface area contributed by atoms with Gasteiger partial charge in [-0.1, -0.05) is 71.1 Å². The van der Waals surface area contributed by atoms with Gasteiger partial charge in [0.1, 0.15) is 6.54 Å². The Bertz CT molecular complexity index is 198. The minimum Gasteiger partial charge on any atom is -1.00 e. The summed E-state index contributed by atoms with van der Waals surface area (Å²) in [5, 5.41) is 8.98. The first-order valence-corrected chi connectivity index (χ1v) is 9.05. The zero-order chi connectivity index (χ0) is 15.1. The number of nitrogens with zero attached hydrogens (tertiary/aromatic N) is 1. The standard InChI is InChI=1S/C18H40NO.BrH/c1-4-5-6-7-8-9-10-11-12-13-14-15-16-19(2,3)17-18-20;/h20H,4-18H2,1-3H3;1H/q+1;/p-1. The summed E-state index contributed by atoms with van der Waals surface area (Å²) >= 11 is 0. The van der Waals surface area contributed by atoms with Gasteiger partial charge in [0.05, 0.1) is 27.2 Å². The zero-order valence-corrected chi connectivity index (χ0v) is 16.5. The Kier molecular flexibility index (Phi) is 18.9. The van der Waals surface area contributed by atoms with E-state index >= 15 is 0 Å². The highest BCUT2D eigenvalue weighted by atomic mass is 79.9. The van der Waals surface area contributed by atoms with Crippen LogP contribution in [0.2, 0.25) is 0 Å². The van der Waals surface area contributed by atoms with Gasteiger partial charge in [-0.3, -0.25) is 0 Å². The largest absolute Gasteiger partial charge is 1.00 e. The van der Waals surface area contributed by atoms with Gasteiger partial charge in [-0.2, -0.15) is 0 Å². The van der Waals surface area contributed by atoms with Crippen molar-refractivity contribution in [3.8, 4) is 0 Å². The number of halogens is 1. The Labute approximate surface area is 144 Å². The van der Waals surface area contributed by atoms with Crippen molar-refractivity contribution < 1.29 is 26.6 Å². The molecule has 0 atom stereocenters. The molecule has 0 amide bonds. The number of quaternary nitrogens is 1. The van der Waals surface area contributed by atoms with Gasteiger partial charge in [0.15, 0.2) is 0 Å². The molecule has 0 rings (SSSR count). The van der Waals surface area contributed by atoms with Crippen LogP contribution in [-0.2, 0) is 0 Å². The molecule has 2 nitrogen and oxygen atoms in total. The first kappa shape index (κ1) is 23.7. The van der Waals surface area contributed by atoms with Crippen LogP contribution in [0, 0.1) is 0 Å². The molecule has 0 aromatic rings. The predicted octanol–water partition coefficient (Wildman–Crippen LogP) is 1.76. The van der Waals surface area contributed by atoms with Crippen molar-refractivity contribution in [1.29, 1.82) is 0 Å². The second kappa shape index (κ2) is 16.8. The van der Waals surface area contributed by atoms with E-state index in [0.717, 1.165) is 11.0 Å². The Morgan fingerprint density at radius 1 is 0.619 bits per heavy atom. The fourth-order valence-electron chi connectivity index (χ4n) is 2.76. The van der Waals surface area contributed by atoms with Crippen molar-refractivity contribution in [2.24, 2.45) is 0 Å². The molecule has 0 aliphatic carbocycles. The summed E-state index contributed by atoms with van der Waals surface area (Å²) in [6.45, 7) is 4.69. The molecule has 21 heavy (non-hydrogen) atoms. The van der Waals surface area contributed by atoms with E-state index in [1.165, 1.54) is 83.6 Å². The molecule has 0 bridgehead atoms. The van der Waals surface area contributed by atoms with Gasteiger partial charge in [0, 0.05) is 0 Å². The fourth-order valence-corrected chi connectivity index (χ4v) is 2.76. The third-order valence-corrected chi connectivity index (χ3v) is 4.32. The van der Waals surface area contributed by atoms with Crippen molar-refractivity contribution >= 4 is 0 Å². The van der Waals surface area contributed by atoms with Crippen LogP contribution in [0.25, 0.3) is 0 Å². The first-order chi connectivity index (χ1) is 9.62. The van der Waals surface area contributed by atoms with E-state index < -0.39 is 0 Å². The molecule has 0 fully saturated rings. The molecular formula is C18H40BrNO. The van der Waals surface area contributed by atoms with Crippen LogP contribution < -0.4 is 17.0 Å². The molecule has 0 aliphatic rings. The van der Waals surface area contributed by atoms with E-state index in [4.69, 9.17) is 5.11 Å². The molecule has 0 aliphatic heterocycles. The average Bonchev–Trinajstić information content (AvgIpc) is 2.40. The third-order valence-electron chi connectivity index (χ3n) is 4.32. The van der Waals surface area contributed by atoms with Crippen LogP contribution in [0.1, 0.15) is 84.0 Å². The van der Waals surface area contributed by atoms with Gasteiger partial charge < -0.3 is 26.6 Å². The Balaban J connectivity index is 0. The third kappa shape index (κ3) is 18.4. The van der Waals surface area contributed by atoms with Crippen LogP contribution in [0.15, 0.2) is 0 Å². The number of hydrogen-bond acceptors (Lipinski definition) is 1. The highest BCUT2D eigenvalue weighted by Gasteiger charge is 2.12. The van der Waals surface area contributed by atoms with Crippen molar-refractivity contribution in [3.05, 3.63) is 0 Å². The molecule has 3 heteroatoms. The highest BCUT2D eigenvalue weighted by molar-refractivity contribution is 4.48. The summed E-state index contributed by atoms with van der Waals surface area (Å²) in [7, 11) is 4.43. The molecule has 0 saturated heterocycles. The van der Waals surface area contributed by atoms with Crippen molar-refractivity contribution in [2.75, 3.05) is 33.8 Å². The predicted molar refractivity (Wildman–Crippen MR) is 90.0 cm³/mol. The van der Waals surface area contributed by atoms with Crippen molar-refractivity contribution in [3.63, 3.8) is 0 Å². The number of aliphatic hydroxyl groups is 1. The second-order valence-electron chi connectivity index (χ2n) is 7.00. The number of rotatable bonds is 15. The minimum absolute atomic E-state index is 0. The number of hydrogen-bond donors (Lipinski definition) is 1. The van der Waals surface area contributed by atoms with Gasteiger partial charge in [-0.15, -0.1) is 0 Å². The van der Waals surface area contributed by atoms with Crippen molar-refractivity contribution in [1.82, 2.24) is 0 Å². The quantitative estimate of drug-likeness (QED) is 0.346. The van der Waals surface area contributed by atoms with E-state index in [1.54, 1.807) is 0 Å². The Hall–Kier alpha value is 0.400. The molecule has 0 spiro atoms. The lowest BCUT2D eigenvalue weighted by Gasteiger charge is -2.28. The summed E-state index contributed by atoms with van der Waals surface area (Å²) in [5.41, 5.74) is 0. The van der Waals surface area contributed by atoms with Gasteiger partial charge in [-0.05, 0) is 12.8 Å². The molecule has 0 aromatic carbocycles. The Morgan fingerprint density at radius 3 is 1.38 bits per heavy atom. The summed E-state index contributed by atoms with van der Waals surface area (Å²) in [5.74, 6) is 0. The molecule has 0 radical (unpaired) electrons. The second-order valence-corrected chi connectivity index (χ2v) is 7.00. The summed E-state index contributed by atoms with van der Waals surface area (Å²) in [6, 6.07) is 0. The monoisotopic (exact) mass is 365 g/mol. The summed E-state index contributed by atoms with van der Waals surface area (Å²) in [6.07, 6.45) is 16.9. The molecule has 0 saturated carbocycles. The SMILES string of the molecule is CCCCCCCCCCCCCC[N+](C)(C)CCO.[Br-]. The molecule has 130 valence electrons. The molecule has 1 N–H and O–H groups in total. The van der Waals surface area contributed by atoms with Gasteiger partial charge in [-0.25, -0.2) is 0 Å². The van der Waals surface area contributed by atoms with Gasteiger partial charge >= 0.3 is 0 Å². The Morgan fingerprint density at radius 2 is 1.00 bits per heavy atom. The van der Waals surface area contributed by atoms with Crippen LogP contribution in [0.5, 0.6) is 0 Å². The van der Waals surface area contributed by atoms with E-state index in [0.29, 0.717) is 6.61 Å². The maximum absolute atomic E-state index is 8.98. The minimum atomic E-state index is 0. The lowest BCUT2D eigenvalue weighted by Crippen LogP contribution is -3.00. The lowest BCUT2D eigenvalue weighted by molar-refractivity contribution is -0.890. The van der Waals surface area contributed by atoms with E-state index in [9.17, 15) is 0 Å². The van der Waals surface area contributed by atoms with Crippen LogP contribution in [0.4, 0.5) is 0 Å². The average molecular weight is 366 g/mol. The van der Waals surface area contributed by atoms with E-state index in [-0.39, 0.29) is 17.0 Å². The topological polar surface area (TPSA) is 20.2 Å². The number of likely N-dealkylation sites (N-methyl/N-ethyl adjacent to an activating group) is 1. The smallest absolute Gasteiger partial charge is 0.102 e. The molecule has 0 heterocycles. The van der Waals surface area contributed by atoms with E-state index in [1.807, 2.05) is 0 Å². The normalized spacial score (nSPS) is 11.4. The van der Waals surface area contributed by atoms with Crippen LogP contribution >= 0.6 is 0 Å². The zero-order valence-electron chi connectivity index (χ0n) is 14.9. The van der Waals surface area contributed by atoms with Gasteiger partial charge in [0.2, 0.25) is 0 Å². The molecule has 0 unspecified atom stereocenters. The number of unbranched alkanes of at least 4 members (excludes halogenated alkanes) is 11. The van der Waals surface area contributed by atoms with Crippen LogP contribution in [0.3, 0.4) is 0 Å². The maximum Gasteiger partial charge on any atom is 0.102 e. The van der Waals surface area contributed by atoms with Crippen molar-refractivity contribution in [2.45, 2.75) is 84.0 Å². The van der Waals surface area contributed by atoms with Crippen LogP contribution in [-0.4, -0.2) is 43.4 Å². The first-order valence-electron chi connectivity index (χ1n) is 9.05. The summed E-state index contributed by atoms with van der Waals surface area (Å²) in [4.78, 5) is 0. The maximum atomic E-state index is 8.98. The summed E-state index contributed by atoms with van der Waals surface area (Å²) < 4.78 is 0.967. The van der Waals surface area contributed by atoms with E-state index in [2.05, 4.69) is 21.0 Å². The highest BCUT2D eigenvalue weighted by Crippen LogP contribution is 2.12. The van der Waals surface area contributed by atoms with Gasteiger partial charge in [0.25, 0.3) is 0 Å². The number of aliphatic hydroxyl groups excluding tert-OH is 1.